The molecule has 1 atom stereocenters. The molecule has 1 aliphatic heterocycles. The standard InChI is InChI=1S/C17H20F2N4O/c1-12(10-23-7-2-6-21-23)9-20-17(24)22-8-5-13-14(11-22)16(19)4-3-15(13)18/h2-4,6-7,12H,5,8-11H2,1H3,(H,20,24)/t12-/m0/s1. The molecule has 7 heteroatoms. The van der Waals surface area contributed by atoms with Crippen LogP contribution < -0.4 is 5.32 Å². The average molecular weight is 334 g/mol. The quantitative estimate of drug-likeness (QED) is 0.934. The minimum absolute atomic E-state index is 0.0955. The van der Waals surface area contributed by atoms with Crippen molar-refractivity contribution in [3.63, 3.8) is 0 Å². The van der Waals surface area contributed by atoms with Gasteiger partial charge in [0.15, 0.2) is 0 Å². The number of hydrogen-bond acceptors (Lipinski definition) is 2. The Morgan fingerprint density at radius 1 is 1.33 bits per heavy atom. The molecule has 0 unspecified atom stereocenters. The molecule has 1 N–H and O–H groups in total. The van der Waals surface area contributed by atoms with Gasteiger partial charge in [0.1, 0.15) is 11.6 Å². The van der Waals surface area contributed by atoms with Gasteiger partial charge in [-0.1, -0.05) is 6.92 Å². The molecule has 2 aromatic rings. The highest BCUT2D eigenvalue weighted by Gasteiger charge is 2.25. The summed E-state index contributed by atoms with van der Waals surface area (Å²) in [5, 5.41) is 6.99. The van der Waals surface area contributed by atoms with Gasteiger partial charge in [-0.05, 0) is 36.1 Å². The van der Waals surface area contributed by atoms with Gasteiger partial charge in [0.05, 0.1) is 6.54 Å². The Morgan fingerprint density at radius 2 is 2.08 bits per heavy atom. The Hall–Kier alpha value is -2.44. The maximum Gasteiger partial charge on any atom is 0.317 e. The summed E-state index contributed by atoms with van der Waals surface area (Å²) in [5.41, 5.74) is 0.659. The molecule has 24 heavy (non-hydrogen) atoms. The Labute approximate surface area is 139 Å². The summed E-state index contributed by atoms with van der Waals surface area (Å²) >= 11 is 0. The van der Waals surface area contributed by atoms with Crippen molar-refractivity contribution < 1.29 is 13.6 Å². The van der Waals surface area contributed by atoms with E-state index in [0.717, 1.165) is 12.1 Å². The van der Waals surface area contributed by atoms with Gasteiger partial charge in [0.2, 0.25) is 0 Å². The second-order valence-corrected chi connectivity index (χ2v) is 6.18. The summed E-state index contributed by atoms with van der Waals surface area (Å²) in [4.78, 5) is 13.8. The summed E-state index contributed by atoms with van der Waals surface area (Å²) in [6.07, 6.45) is 3.91. The third-order valence-corrected chi connectivity index (χ3v) is 4.24. The first-order valence-electron chi connectivity index (χ1n) is 8.00. The highest BCUT2D eigenvalue weighted by molar-refractivity contribution is 5.74. The number of nitrogens with one attached hydrogen (secondary N) is 1. The van der Waals surface area contributed by atoms with E-state index in [2.05, 4.69) is 10.4 Å². The fourth-order valence-electron chi connectivity index (χ4n) is 2.93. The minimum atomic E-state index is -0.462. The van der Waals surface area contributed by atoms with Gasteiger partial charge in [-0.2, -0.15) is 5.10 Å². The van der Waals surface area contributed by atoms with Gasteiger partial charge in [-0.15, -0.1) is 0 Å². The van der Waals surface area contributed by atoms with Crippen LogP contribution in [0.2, 0.25) is 0 Å². The Kier molecular flexibility index (Phi) is 4.78. The van der Waals surface area contributed by atoms with Crippen molar-refractivity contribution in [3.8, 4) is 0 Å². The molecular formula is C17H20F2N4O. The van der Waals surface area contributed by atoms with Crippen molar-refractivity contribution in [2.75, 3.05) is 13.1 Å². The van der Waals surface area contributed by atoms with E-state index in [9.17, 15) is 13.6 Å². The van der Waals surface area contributed by atoms with E-state index in [4.69, 9.17) is 0 Å². The number of urea groups is 1. The van der Waals surface area contributed by atoms with E-state index in [0.29, 0.717) is 31.6 Å². The zero-order chi connectivity index (χ0) is 17.1. The number of halogens is 2. The summed E-state index contributed by atoms with van der Waals surface area (Å²) < 4.78 is 29.4. The number of benzene rings is 1. The molecule has 0 aliphatic carbocycles. The lowest BCUT2D eigenvalue weighted by Crippen LogP contribution is -2.44. The summed E-state index contributed by atoms with van der Waals surface area (Å²) in [6, 6.07) is 3.85. The highest BCUT2D eigenvalue weighted by atomic mass is 19.1. The van der Waals surface area contributed by atoms with Crippen LogP contribution in [0.15, 0.2) is 30.6 Å². The molecule has 2 amide bonds. The van der Waals surface area contributed by atoms with Crippen LogP contribution in [0.25, 0.3) is 0 Å². The monoisotopic (exact) mass is 334 g/mol. The predicted octanol–water partition coefficient (Wildman–Crippen LogP) is 2.57. The lowest BCUT2D eigenvalue weighted by Gasteiger charge is -2.29. The molecule has 1 aliphatic rings. The molecule has 1 aromatic heterocycles. The number of nitrogens with zero attached hydrogens (tertiary/aromatic N) is 3. The fourth-order valence-corrected chi connectivity index (χ4v) is 2.93. The van der Waals surface area contributed by atoms with Gasteiger partial charge in [0.25, 0.3) is 0 Å². The number of fused-ring (bicyclic) bond motifs is 1. The SMILES string of the molecule is C[C@@H](CNC(=O)N1CCc2c(F)ccc(F)c2C1)Cn1cccn1. The fraction of sp³-hybridized carbons (Fsp3) is 0.412. The van der Waals surface area contributed by atoms with Crippen LogP contribution in [-0.2, 0) is 19.5 Å². The lowest BCUT2D eigenvalue weighted by molar-refractivity contribution is 0.188. The molecule has 0 bridgehead atoms. The molecule has 0 fully saturated rings. The second-order valence-electron chi connectivity index (χ2n) is 6.18. The Bertz CT molecular complexity index is 718. The van der Waals surface area contributed by atoms with E-state index in [1.165, 1.54) is 4.90 Å². The van der Waals surface area contributed by atoms with E-state index >= 15 is 0 Å². The number of aromatic nitrogens is 2. The second kappa shape index (κ2) is 6.98. The van der Waals surface area contributed by atoms with Gasteiger partial charge in [-0.3, -0.25) is 4.68 Å². The third kappa shape index (κ3) is 3.55. The molecule has 2 heterocycles. The first-order valence-corrected chi connectivity index (χ1v) is 8.00. The van der Waals surface area contributed by atoms with Crippen LogP contribution in [-0.4, -0.2) is 33.8 Å². The maximum atomic E-state index is 13.9. The van der Waals surface area contributed by atoms with Gasteiger partial charge < -0.3 is 10.2 Å². The van der Waals surface area contributed by atoms with Crippen molar-refractivity contribution in [1.29, 1.82) is 0 Å². The largest absolute Gasteiger partial charge is 0.338 e. The van der Waals surface area contributed by atoms with Crippen LogP contribution in [0.3, 0.4) is 0 Å². The normalized spacial score (nSPS) is 15.0. The van der Waals surface area contributed by atoms with Gasteiger partial charge >= 0.3 is 6.03 Å². The highest BCUT2D eigenvalue weighted by Crippen LogP contribution is 2.24. The van der Waals surface area contributed by atoms with Crippen LogP contribution in [0.4, 0.5) is 13.6 Å². The molecule has 0 radical (unpaired) electrons. The Morgan fingerprint density at radius 3 is 2.79 bits per heavy atom. The van der Waals surface area contributed by atoms with Crippen LogP contribution in [0, 0.1) is 17.6 Å². The van der Waals surface area contributed by atoms with Gasteiger partial charge in [0, 0.05) is 37.6 Å². The zero-order valence-corrected chi connectivity index (χ0v) is 13.5. The zero-order valence-electron chi connectivity index (χ0n) is 13.5. The summed E-state index contributed by atoms with van der Waals surface area (Å²) in [7, 11) is 0. The molecule has 0 saturated carbocycles. The third-order valence-electron chi connectivity index (χ3n) is 4.24. The average Bonchev–Trinajstić information content (AvgIpc) is 3.08. The van der Waals surface area contributed by atoms with E-state index in [-0.39, 0.29) is 24.1 Å². The van der Waals surface area contributed by atoms with Gasteiger partial charge in [-0.25, -0.2) is 13.6 Å². The van der Waals surface area contributed by atoms with Crippen molar-refractivity contribution in [2.24, 2.45) is 5.92 Å². The molecule has 0 saturated heterocycles. The van der Waals surface area contributed by atoms with Crippen LogP contribution in [0.1, 0.15) is 18.1 Å². The van der Waals surface area contributed by atoms with E-state index in [1.807, 2.05) is 23.9 Å². The van der Waals surface area contributed by atoms with Crippen LogP contribution in [0.5, 0.6) is 0 Å². The van der Waals surface area contributed by atoms with Crippen molar-refractivity contribution in [1.82, 2.24) is 20.0 Å². The maximum absolute atomic E-state index is 13.9. The minimum Gasteiger partial charge on any atom is -0.338 e. The molecule has 1 aromatic carbocycles. The van der Waals surface area contributed by atoms with Crippen LogP contribution >= 0.6 is 0 Å². The van der Waals surface area contributed by atoms with E-state index in [1.54, 1.807) is 6.20 Å². The lowest BCUT2D eigenvalue weighted by atomic mass is 9.99. The first-order chi connectivity index (χ1) is 11.5. The topological polar surface area (TPSA) is 50.2 Å². The molecule has 5 nitrogen and oxygen atoms in total. The number of carbonyl (C=O) groups is 1. The molecule has 3 rings (SSSR count). The smallest absolute Gasteiger partial charge is 0.317 e. The number of rotatable bonds is 4. The number of amides is 2. The predicted molar refractivity (Wildman–Crippen MR) is 85.3 cm³/mol. The molecule has 0 spiro atoms. The molecular weight excluding hydrogens is 314 g/mol. The summed E-state index contributed by atoms with van der Waals surface area (Å²) in [6.45, 7) is 3.69. The van der Waals surface area contributed by atoms with E-state index < -0.39 is 11.6 Å². The first kappa shape index (κ1) is 16.4. The Balaban J connectivity index is 1.55. The number of carbonyl (C=O) groups excluding carboxylic acids is 1. The van der Waals surface area contributed by atoms with Crippen molar-refractivity contribution >= 4 is 6.03 Å². The number of hydrogen-bond donors (Lipinski definition) is 1. The van der Waals surface area contributed by atoms with Crippen molar-refractivity contribution in [3.05, 3.63) is 53.4 Å². The van der Waals surface area contributed by atoms with Crippen molar-refractivity contribution in [2.45, 2.75) is 26.4 Å². The molecule has 128 valence electrons. The summed E-state index contributed by atoms with van der Waals surface area (Å²) in [5.74, 6) is -0.657.